The molecule has 2 rings (SSSR count). The number of amides is 2. The highest BCUT2D eigenvalue weighted by molar-refractivity contribution is 5.81. The Labute approximate surface area is 155 Å². The van der Waals surface area contributed by atoms with Gasteiger partial charge < -0.3 is 9.57 Å². The summed E-state index contributed by atoms with van der Waals surface area (Å²) >= 11 is 0. The van der Waals surface area contributed by atoms with Crippen molar-refractivity contribution in [1.29, 1.82) is 0 Å². The summed E-state index contributed by atoms with van der Waals surface area (Å²) in [6, 6.07) is 4.15. The van der Waals surface area contributed by atoms with Crippen LogP contribution in [0.2, 0.25) is 0 Å². The zero-order valence-electron chi connectivity index (χ0n) is 16.4. The monoisotopic (exact) mass is 363 g/mol. The third-order valence-corrected chi connectivity index (χ3v) is 4.73. The lowest BCUT2D eigenvalue weighted by Gasteiger charge is -2.32. The van der Waals surface area contributed by atoms with Gasteiger partial charge in [0.1, 0.15) is 0 Å². The number of hydrogen-bond acceptors (Lipinski definition) is 5. The molecular weight excluding hydrogens is 334 g/mol. The molecule has 1 aromatic carbocycles. The minimum Gasteiger partial charge on any atom is -0.448 e. The van der Waals surface area contributed by atoms with Crippen LogP contribution in [0.1, 0.15) is 29.2 Å². The summed E-state index contributed by atoms with van der Waals surface area (Å²) in [7, 11) is 1.59. The van der Waals surface area contributed by atoms with Crippen molar-refractivity contribution in [3.05, 3.63) is 34.4 Å². The molecule has 144 valence electrons. The number of ether oxygens (including phenoxy) is 1. The van der Waals surface area contributed by atoms with Crippen molar-refractivity contribution in [2.75, 3.05) is 39.9 Å². The van der Waals surface area contributed by atoms with Gasteiger partial charge in [-0.15, -0.1) is 0 Å². The third kappa shape index (κ3) is 4.74. The first-order valence-corrected chi connectivity index (χ1v) is 8.97. The van der Waals surface area contributed by atoms with Gasteiger partial charge in [0, 0.05) is 13.1 Å². The van der Waals surface area contributed by atoms with Gasteiger partial charge >= 0.3 is 6.09 Å². The molecule has 1 saturated heterocycles. The van der Waals surface area contributed by atoms with Gasteiger partial charge in [-0.05, 0) is 49.9 Å². The first-order valence-electron chi connectivity index (χ1n) is 8.97. The molecule has 1 fully saturated rings. The Morgan fingerprint density at radius 2 is 1.58 bits per heavy atom. The van der Waals surface area contributed by atoms with Crippen LogP contribution in [0, 0.1) is 20.8 Å². The molecule has 1 aromatic rings. The second-order valence-corrected chi connectivity index (χ2v) is 6.49. The average Bonchev–Trinajstić information content (AvgIpc) is 2.82. The summed E-state index contributed by atoms with van der Waals surface area (Å²) in [5.74, 6) is -0.123. The molecular formula is C19H29N3O4. The first kappa shape index (κ1) is 20.2. The Balaban J connectivity index is 2.21. The second kappa shape index (κ2) is 9.00. The first-order chi connectivity index (χ1) is 12.4. The highest BCUT2D eigenvalue weighted by atomic mass is 16.7. The van der Waals surface area contributed by atoms with E-state index in [4.69, 9.17) is 9.57 Å². The summed E-state index contributed by atoms with van der Waals surface area (Å²) in [4.78, 5) is 30.6. The van der Waals surface area contributed by atoms with E-state index in [1.54, 1.807) is 19.1 Å². The molecule has 7 nitrogen and oxygen atoms in total. The molecule has 0 aromatic heterocycles. The summed E-state index contributed by atoms with van der Waals surface area (Å²) in [6.45, 7) is 9.88. The fourth-order valence-corrected chi connectivity index (χ4v) is 3.06. The van der Waals surface area contributed by atoms with E-state index in [1.165, 1.54) is 15.6 Å². The SMILES string of the molecule is CCOC(=O)N1CCN(OC)CCN1C(=O)Cc1cc(C)c(C)cc1C. The molecule has 0 saturated carbocycles. The van der Waals surface area contributed by atoms with Crippen molar-refractivity contribution in [1.82, 2.24) is 15.1 Å². The Kier molecular flexibility index (Phi) is 6.99. The van der Waals surface area contributed by atoms with Crippen molar-refractivity contribution in [2.24, 2.45) is 0 Å². The fraction of sp³-hybridized carbons (Fsp3) is 0.579. The van der Waals surface area contributed by atoms with Gasteiger partial charge in [-0.2, -0.15) is 5.06 Å². The van der Waals surface area contributed by atoms with Crippen molar-refractivity contribution >= 4 is 12.0 Å². The van der Waals surface area contributed by atoms with Crippen molar-refractivity contribution in [2.45, 2.75) is 34.1 Å². The van der Waals surface area contributed by atoms with Gasteiger partial charge in [0.25, 0.3) is 0 Å². The van der Waals surface area contributed by atoms with Gasteiger partial charge in [0.15, 0.2) is 0 Å². The smallest absolute Gasteiger partial charge is 0.428 e. The van der Waals surface area contributed by atoms with Gasteiger partial charge in [0.05, 0.1) is 33.2 Å². The molecule has 0 bridgehead atoms. The standard InChI is InChI=1S/C19H29N3O4/c1-6-26-19(24)22-10-8-20(25-5)7-9-21(22)18(23)13-17-12-15(3)14(2)11-16(17)4/h11-12H,6-10,13H2,1-5H3. The van der Waals surface area contributed by atoms with Crippen molar-refractivity contribution in [3.63, 3.8) is 0 Å². The van der Waals surface area contributed by atoms with E-state index in [0.29, 0.717) is 26.2 Å². The quantitative estimate of drug-likeness (QED) is 0.821. The lowest BCUT2D eigenvalue weighted by molar-refractivity contribution is -0.145. The van der Waals surface area contributed by atoms with E-state index in [-0.39, 0.29) is 18.9 Å². The summed E-state index contributed by atoms with van der Waals surface area (Å²) in [5, 5.41) is 4.62. The highest BCUT2D eigenvalue weighted by Crippen LogP contribution is 2.18. The van der Waals surface area contributed by atoms with E-state index in [9.17, 15) is 9.59 Å². The molecule has 0 radical (unpaired) electrons. The second-order valence-electron chi connectivity index (χ2n) is 6.49. The zero-order chi connectivity index (χ0) is 19.3. The predicted octanol–water partition coefficient (Wildman–Crippen LogP) is 2.23. The van der Waals surface area contributed by atoms with E-state index in [2.05, 4.69) is 19.1 Å². The Bertz CT molecular complexity index is 662. The number of hydrazine groups is 1. The fourth-order valence-electron chi connectivity index (χ4n) is 3.06. The molecule has 7 heteroatoms. The van der Waals surface area contributed by atoms with Crippen LogP contribution in [-0.4, -0.2) is 67.0 Å². The molecule has 0 aliphatic carbocycles. The minimum atomic E-state index is -0.504. The number of aryl methyl sites for hydroxylation is 3. The maximum absolute atomic E-state index is 13.0. The molecule has 26 heavy (non-hydrogen) atoms. The van der Waals surface area contributed by atoms with Crippen molar-refractivity contribution in [3.8, 4) is 0 Å². The number of carbonyl (C=O) groups is 2. The molecule has 0 unspecified atom stereocenters. The van der Waals surface area contributed by atoms with E-state index in [1.807, 2.05) is 13.8 Å². The van der Waals surface area contributed by atoms with Gasteiger partial charge in [-0.3, -0.25) is 4.79 Å². The average molecular weight is 363 g/mol. The lowest BCUT2D eigenvalue weighted by atomic mass is 9.98. The predicted molar refractivity (Wildman–Crippen MR) is 98.4 cm³/mol. The number of carbonyl (C=O) groups excluding carboxylic acids is 2. The molecule has 1 aliphatic rings. The molecule has 1 aliphatic heterocycles. The minimum absolute atomic E-state index is 0.123. The molecule has 0 spiro atoms. The molecule has 0 N–H and O–H groups in total. The maximum Gasteiger partial charge on any atom is 0.428 e. The van der Waals surface area contributed by atoms with Gasteiger partial charge in [-0.25, -0.2) is 14.8 Å². The summed E-state index contributed by atoms with van der Waals surface area (Å²) in [6.07, 6.45) is -0.258. The lowest BCUT2D eigenvalue weighted by Crippen LogP contribution is -2.51. The Morgan fingerprint density at radius 1 is 0.962 bits per heavy atom. The topological polar surface area (TPSA) is 62.3 Å². The summed E-state index contributed by atoms with van der Waals surface area (Å²) in [5.41, 5.74) is 4.42. The van der Waals surface area contributed by atoms with E-state index >= 15 is 0 Å². The normalized spacial score (nSPS) is 15.7. The van der Waals surface area contributed by atoms with Crippen LogP contribution in [0.5, 0.6) is 0 Å². The van der Waals surface area contributed by atoms with Crippen LogP contribution in [0.15, 0.2) is 12.1 Å². The highest BCUT2D eigenvalue weighted by Gasteiger charge is 2.30. The van der Waals surface area contributed by atoms with E-state index < -0.39 is 6.09 Å². The van der Waals surface area contributed by atoms with Crippen LogP contribution in [0.3, 0.4) is 0 Å². The number of hydrogen-bond donors (Lipinski definition) is 0. The third-order valence-electron chi connectivity index (χ3n) is 4.73. The zero-order valence-corrected chi connectivity index (χ0v) is 16.4. The maximum atomic E-state index is 13.0. The number of benzene rings is 1. The van der Waals surface area contributed by atoms with Crippen LogP contribution in [-0.2, 0) is 20.8 Å². The van der Waals surface area contributed by atoms with Crippen molar-refractivity contribution < 1.29 is 19.2 Å². The molecule has 2 amide bonds. The van der Waals surface area contributed by atoms with E-state index in [0.717, 1.165) is 16.7 Å². The van der Waals surface area contributed by atoms with Crippen LogP contribution in [0.4, 0.5) is 4.79 Å². The van der Waals surface area contributed by atoms with Crippen LogP contribution < -0.4 is 0 Å². The Hall–Kier alpha value is -2.12. The van der Waals surface area contributed by atoms with Crippen LogP contribution in [0.25, 0.3) is 0 Å². The van der Waals surface area contributed by atoms with Gasteiger partial charge in [-0.1, -0.05) is 12.1 Å². The molecule has 0 atom stereocenters. The summed E-state index contributed by atoms with van der Waals surface area (Å²) < 4.78 is 5.13. The van der Waals surface area contributed by atoms with Gasteiger partial charge in [0.2, 0.25) is 5.91 Å². The number of rotatable bonds is 4. The molecule has 1 heterocycles. The largest absolute Gasteiger partial charge is 0.448 e. The Morgan fingerprint density at radius 3 is 2.19 bits per heavy atom. The number of nitrogens with zero attached hydrogens (tertiary/aromatic N) is 3. The number of hydroxylamine groups is 2. The van der Waals surface area contributed by atoms with Crippen LogP contribution >= 0.6 is 0 Å².